The average molecular weight is 511 g/mol. The van der Waals surface area contributed by atoms with Gasteiger partial charge in [-0.3, -0.25) is 23.4 Å². The third-order valence-corrected chi connectivity index (χ3v) is 6.35. The number of H-pyrrole nitrogens is 1. The number of fused-ring (bicyclic) bond motifs is 1. The number of rotatable bonds is 5. The van der Waals surface area contributed by atoms with Crippen molar-refractivity contribution in [2.24, 2.45) is 0 Å². The number of benzene rings is 1. The fraction of sp³-hybridized carbons (Fsp3) is 0.353. The van der Waals surface area contributed by atoms with E-state index < -0.39 is 44.4 Å². The molecule has 1 aromatic carbocycles. The van der Waals surface area contributed by atoms with Crippen LogP contribution in [-0.2, 0) is 25.0 Å². The Balaban J connectivity index is 1.64. The lowest BCUT2D eigenvalue weighted by Gasteiger charge is -2.28. The van der Waals surface area contributed by atoms with Crippen LogP contribution in [0.5, 0.6) is 5.75 Å². The zero-order valence-electron chi connectivity index (χ0n) is 17.6. The number of hydrogen-bond acceptors (Lipinski definition) is 10. The minimum atomic E-state index is -4.81. The van der Waals surface area contributed by atoms with Gasteiger partial charge >= 0.3 is 13.5 Å². The molecule has 0 amide bonds. The summed E-state index contributed by atoms with van der Waals surface area (Å²) >= 11 is 10.6. The van der Waals surface area contributed by atoms with E-state index in [0.717, 1.165) is 6.20 Å². The topological polar surface area (TPSA) is 149 Å². The summed E-state index contributed by atoms with van der Waals surface area (Å²) in [5.41, 5.74) is -0.931. The average Bonchev–Trinajstić information content (AvgIpc) is 2.99. The minimum Gasteiger partial charge on any atom is -0.404 e. The number of aromatic amines is 1. The zero-order valence-corrected chi connectivity index (χ0v) is 18.1. The molecule has 0 radical (unpaired) electrons. The van der Waals surface area contributed by atoms with Crippen molar-refractivity contribution in [1.29, 1.82) is 0 Å². The third kappa shape index (κ3) is 4.18. The fourth-order valence-corrected chi connectivity index (χ4v) is 4.46. The van der Waals surface area contributed by atoms with Crippen molar-refractivity contribution in [3.05, 3.63) is 55.7 Å². The monoisotopic (exact) mass is 510 g/mol. The van der Waals surface area contributed by atoms with Crippen molar-refractivity contribution in [2.45, 2.75) is 30.9 Å². The first-order chi connectivity index (χ1) is 15.8. The molecular weight excluding hydrogens is 494 g/mol. The number of nitrogens with zero attached hydrogens (tertiary/aromatic N) is 1. The van der Waals surface area contributed by atoms with Crippen LogP contribution in [0.25, 0.3) is 0 Å². The standard InChI is InChI=1S/C17H15ClFN2O9PS/c18-10-1-2-11-8(3-10)6-27-31(26,30-11)28-7-17(19)13(24)12(23)15(29-17)21-4-9(5-22)14(32)20-16(21)25/h1-5,12-13,15,23-24H,6-7H2,(H,20,25,32)/t12-,13+,15-,17-,31?/m1/s1/i7D2. The molecule has 172 valence electrons. The highest BCUT2D eigenvalue weighted by atomic mass is 35.5. The number of aliphatic hydroxyl groups excluding tert-OH is 2. The Bertz CT molecular complexity index is 1330. The highest BCUT2D eigenvalue weighted by molar-refractivity contribution is 7.71. The van der Waals surface area contributed by atoms with Gasteiger partial charge in [0, 0.05) is 16.8 Å². The largest absolute Gasteiger partial charge is 0.530 e. The van der Waals surface area contributed by atoms with Gasteiger partial charge in [-0.25, -0.2) is 13.8 Å². The summed E-state index contributed by atoms with van der Waals surface area (Å²) < 4.78 is 64.5. The summed E-state index contributed by atoms with van der Waals surface area (Å²) in [6.07, 6.45) is -5.82. The quantitative estimate of drug-likeness (QED) is 0.310. The molecule has 11 nitrogen and oxygen atoms in total. The molecule has 1 fully saturated rings. The van der Waals surface area contributed by atoms with Crippen LogP contribution in [0.2, 0.25) is 5.02 Å². The van der Waals surface area contributed by atoms with Crippen LogP contribution in [0.1, 0.15) is 24.9 Å². The second-order valence-electron chi connectivity index (χ2n) is 6.72. The number of phosphoric acid groups is 1. The Morgan fingerprint density at radius 1 is 1.53 bits per heavy atom. The first-order valence-corrected chi connectivity index (χ1v) is 11.0. The normalized spacial score (nSPS) is 33.1. The number of aldehydes is 1. The van der Waals surface area contributed by atoms with Gasteiger partial charge in [0.05, 0.1) is 14.9 Å². The van der Waals surface area contributed by atoms with E-state index in [2.05, 4.69) is 4.98 Å². The van der Waals surface area contributed by atoms with Crippen molar-refractivity contribution in [1.82, 2.24) is 9.55 Å². The van der Waals surface area contributed by atoms with E-state index in [1.165, 1.54) is 18.2 Å². The fourth-order valence-electron chi connectivity index (χ4n) is 2.98. The molecule has 2 aliphatic rings. The molecule has 0 bridgehead atoms. The smallest absolute Gasteiger partial charge is 0.404 e. The van der Waals surface area contributed by atoms with E-state index in [9.17, 15) is 24.4 Å². The number of phosphoric ester groups is 1. The van der Waals surface area contributed by atoms with Gasteiger partial charge in [0.15, 0.2) is 12.5 Å². The Hall–Kier alpha value is -1.96. The van der Waals surface area contributed by atoms with Crippen molar-refractivity contribution < 1.29 is 45.0 Å². The summed E-state index contributed by atoms with van der Waals surface area (Å²) in [7, 11) is -4.81. The number of hydrogen-bond donors (Lipinski definition) is 3. The molecule has 3 heterocycles. The summed E-state index contributed by atoms with van der Waals surface area (Å²) in [5.74, 6) is -3.91. The van der Waals surface area contributed by atoms with E-state index in [4.69, 9.17) is 44.9 Å². The maximum Gasteiger partial charge on any atom is 0.530 e. The van der Waals surface area contributed by atoms with Crippen molar-refractivity contribution in [3.8, 4) is 5.75 Å². The molecular formula is C17H15ClFN2O9PS. The van der Waals surface area contributed by atoms with E-state index in [0.29, 0.717) is 15.2 Å². The highest BCUT2D eigenvalue weighted by Gasteiger charge is 2.57. The van der Waals surface area contributed by atoms with Crippen LogP contribution in [-0.4, -0.2) is 50.7 Å². The van der Waals surface area contributed by atoms with Crippen LogP contribution in [0.4, 0.5) is 4.39 Å². The van der Waals surface area contributed by atoms with Gasteiger partial charge in [-0.15, -0.1) is 0 Å². The van der Waals surface area contributed by atoms with E-state index >= 15 is 4.39 Å². The molecule has 2 aromatic rings. The van der Waals surface area contributed by atoms with E-state index in [1.54, 1.807) is 0 Å². The van der Waals surface area contributed by atoms with Gasteiger partial charge in [0.2, 0.25) is 0 Å². The molecule has 1 unspecified atom stereocenters. The van der Waals surface area contributed by atoms with Crippen LogP contribution >= 0.6 is 31.6 Å². The molecule has 3 N–H and O–H groups in total. The number of alkyl halides is 1. The maximum atomic E-state index is 15.7. The van der Waals surface area contributed by atoms with Gasteiger partial charge in [0.1, 0.15) is 29.2 Å². The number of ether oxygens (including phenoxy) is 1. The number of halogens is 2. The van der Waals surface area contributed by atoms with Crippen molar-refractivity contribution >= 4 is 37.9 Å². The van der Waals surface area contributed by atoms with Crippen molar-refractivity contribution in [3.63, 3.8) is 0 Å². The number of nitrogens with one attached hydrogen (secondary N) is 1. The Kier molecular flexibility index (Phi) is 5.44. The van der Waals surface area contributed by atoms with E-state index in [1.807, 2.05) is 0 Å². The number of carbonyl (C=O) groups excluding carboxylic acids is 1. The molecule has 0 spiro atoms. The molecule has 15 heteroatoms. The van der Waals surface area contributed by atoms with Gasteiger partial charge in [-0.05, 0) is 18.2 Å². The van der Waals surface area contributed by atoms with E-state index in [-0.39, 0.29) is 28.8 Å². The van der Waals surface area contributed by atoms with Gasteiger partial charge < -0.3 is 19.5 Å². The summed E-state index contributed by atoms with van der Waals surface area (Å²) in [5, 5.41) is 20.9. The summed E-state index contributed by atoms with van der Waals surface area (Å²) in [6.45, 7) is -4.13. The minimum absolute atomic E-state index is 0.0269. The van der Waals surface area contributed by atoms with Gasteiger partial charge in [-0.2, -0.15) is 0 Å². The Labute approximate surface area is 191 Å². The van der Waals surface area contributed by atoms with Crippen LogP contribution in [0.3, 0.4) is 0 Å². The predicted octanol–water partition coefficient (Wildman–Crippen LogP) is 2.02. The zero-order chi connectivity index (χ0) is 25.1. The second-order valence-corrected chi connectivity index (χ2v) is 9.08. The molecule has 0 saturated carbocycles. The number of aromatic nitrogens is 2. The van der Waals surface area contributed by atoms with Gasteiger partial charge in [-0.1, -0.05) is 23.8 Å². The molecule has 2 aliphatic heterocycles. The SMILES string of the molecule is [2H]C([2H])(OP1(=O)OCc2cc(Cl)ccc2O1)[C@@]1(F)O[C@@H](n2cc(C=O)c(=S)[nH]c2=O)[C@H](O)[C@@H]1O. The molecule has 4 rings (SSSR count). The molecule has 1 saturated heterocycles. The predicted molar refractivity (Wildman–Crippen MR) is 108 cm³/mol. The summed E-state index contributed by atoms with van der Waals surface area (Å²) in [6, 6.07) is 4.14. The van der Waals surface area contributed by atoms with Crippen LogP contribution < -0.4 is 10.2 Å². The third-order valence-electron chi connectivity index (χ3n) is 4.59. The van der Waals surface area contributed by atoms with Crippen LogP contribution in [0, 0.1) is 4.64 Å². The maximum absolute atomic E-state index is 15.7. The first kappa shape index (κ1) is 20.6. The number of carbonyl (C=O) groups is 1. The Morgan fingerprint density at radius 3 is 3.00 bits per heavy atom. The summed E-state index contributed by atoms with van der Waals surface area (Å²) in [4.78, 5) is 25.5. The first-order valence-electron chi connectivity index (χ1n) is 9.77. The lowest BCUT2D eigenvalue weighted by atomic mass is 10.1. The van der Waals surface area contributed by atoms with Crippen molar-refractivity contribution in [2.75, 3.05) is 6.56 Å². The molecule has 1 aromatic heterocycles. The molecule has 5 atom stereocenters. The van der Waals surface area contributed by atoms with Gasteiger partial charge in [0.25, 0.3) is 5.85 Å². The lowest BCUT2D eigenvalue weighted by Crippen LogP contribution is -2.43. The Morgan fingerprint density at radius 2 is 2.28 bits per heavy atom. The highest BCUT2D eigenvalue weighted by Crippen LogP contribution is 2.56. The lowest BCUT2D eigenvalue weighted by molar-refractivity contribution is -0.205. The molecule has 32 heavy (non-hydrogen) atoms. The molecule has 0 aliphatic carbocycles. The number of aliphatic hydroxyl groups is 2. The van der Waals surface area contributed by atoms with Crippen LogP contribution in [0.15, 0.2) is 29.2 Å². The second kappa shape index (κ2) is 8.43.